The molecule has 0 aromatic heterocycles. The topological polar surface area (TPSA) is 0 Å². The molecule has 0 saturated carbocycles. The predicted octanol–water partition coefficient (Wildman–Crippen LogP) is 1.31. The van der Waals surface area contributed by atoms with Crippen LogP contribution in [0.5, 0.6) is 0 Å². The van der Waals surface area contributed by atoms with Crippen molar-refractivity contribution in [3.63, 3.8) is 0 Å². The number of rotatable bonds is 0. The smallest absolute Gasteiger partial charge is 0.150 e. The number of hydrogen-bond donors (Lipinski definition) is 0. The average molecular weight is 140 g/mol. The van der Waals surface area contributed by atoms with E-state index in [1.54, 1.807) is 0 Å². The van der Waals surface area contributed by atoms with Gasteiger partial charge in [-0.05, 0) is 0 Å². The van der Waals surface area contributed by atoms with E-state index in [9.17, 15) is 0 Å². The van der Waals surface area contributed by atoms with E-state index in [4.69, 9.17) is 34.4 Å². The predicted molar refractivity (Wildman–Crippen MR) is 29.1 cm³/mol. The van der Waals surface area contributed by atoms with Crippen molar-refractivity contribution in [1.82, 2.24) is 0 Å². The van der Waals surface area contributed by atoms with Crippen molar-refractivity contribution in [3.8, 4) is 0 Å². The molecule has 0 aromatic rings. The first-order valence-electron chi connectivity index (χ1n) is 0.655. The fraction of sp³-hybridized carbons (Fsp3) is 0. The van der Waals surface area contributed by atoms with Crippen LogP contribution in [-0.2, 0) is 0 Å². The Morgan fingerprint density at radius 3 is 1.00 bits per heavy atom. The van der Waals surface area contributed by atoms with Crippen molar-refractivity contribution < 1.29 is 0 Å². The summed E-state index contributed by atoms with van der Waals surface area (Å²) in [5, 5.41) is 0. The maximum absolute atomic E-state index is 4.81. The molecule has 0 unspecified atom stereocenters. The minimum atomic E-state index is -0.750. The van der Waals surface area contributed by atoms with Crippen molar-refractivity contribution >= 4 is 68.9 Å². The molecule has 0 aromatic carbocycles. The second-order valence-corrected chi connectivity index (χ2v) is 2.23. The van der Waals surface area contributed by atoms with Crippen molar-refractivity contribution in [2.24, 2.45) is 0 Å². The minimum absolute atomic E-state index is 0. The van der Waals surface area contributed by atoms with Gasteiger partial charge in [-0.25, -0.2) is 0 Å². The molecule has 1 radical (unpaired) electrons. The summed E-state index contributed by atoms with van der Waals surface area (Å²) in [6.07, 6.45) is 0. The van der Waals surface area contributed by atoms with E-state index in [0.29, 0.717) is 0 Å². The van der Waals surface area contributed by atoms with Gasteiger partial charge in [0.05, 0.1) is 0 Å². The van der Waals surface area contributed by atoms with E-state index in [1.807, 2.05) is 0 Å². The molecule has 0 rings (SSSR count). The molecule has 0 amide bonds. The van der Waals surface area contributed by atoms with E-state index in [1.165, 1.54) is 0 Å². The number of halogens is 3. The van der Waals surface area contributed by atoms with E-state index in [-0.39, 0.29) is 29.6 Å². The fourth-order valence-corrected chi connectivity index (χ4v) is 0. The first-order chi connectivity index (χ1) is 1.73. The standard InChI is InChI=1S/BCl3.Na/c2-1(3)4;. The Hall–Kier alpha value is 1.93. The Bertz CT molecular complexity index is 11.6. The van der Waals surface area contributed by atoms with Crippen LogP contribution in [0.1, 0.15) is 0 Å². The summed E-state index contributed by atoms with van der Waals surface area (Å²) >= 11 is 14.4. The van der Waals surface area contributed by atoms with Gasteiger partial charge < -0.3 is 0 Å². The Kier molecular flexibility index (Phi) is 11.9. The first-order valence-corrected chi connectivity index (χ1v) is 1.96. The van der Waals surface area contributed by atoms with Gasteiger partial charge in [0.2, 0.25) is 0 Å². The van der Waals surface area contributed by atoms with Crippen LogP contribution in [0.4, 0.5) is 0 Å². The third-order valence-corrected chi connectivity index (χ3v) is 0. The van der Waals surface area contributed by atoms with E-state index < -0.39 is 4.96 Å². The van der Waals surface area contributed by atoms with Gasteiger partial charge in [-0.1, -0.05) is 0 Å². The normalized spacial score (nSPS) is 5.40. The van der Waals surface area contributed by atoms with Gasteiger partial charge in [0.25, 0.3) is 0 Å². The number of hydrogen-bond acceptors (Lipinski definition) is 0. The van der Waals surface area contributed by atoms with E-state index >= 15 is 0 Å². The second kappa shape index (κ2) is 5.93. The van der Waals surface area contributed by atoms with Crippen LogP contribution in [0.3, 0.4) is 0 Å². The van der Waals surface area contributed by atoms with Crippen molar-refractivity contribution in [2.75, 3.05) is 0 Å². The molecule has 0 saturated heterocycles. The Morgan fingerprint density at radius 1 is 1.00 bits per heavy atom. The van der Waals surface area contributed by atoms with Crippen LogP contribution in [-0.4, -0.2) is 34.5 Å². The third-order valence-electron chi connectivity index (χ3n) is 0. The molecule has 0 spiro atoms. The summed E-state index contributed by atoms with van der Waals surface area (Å²) < 4.78 is 0. The summed E-state index contributed by atoms with van der Waals surface area (Å²) in [4.78, 5) is -0.750. The third kappa shape index (κ3) is 24.5. The van der Waals surface area contributed by atoms with Crippen LogP contribution in [0.2, 0.25) is 0 Å². The molecule has 0 aliphatic rings. The van der Waals surface area contributed by atoms with Gasteiger partial charge in [-0.15, -0.1) is 0 Å². The molecular weight excluding hydrogens is 140 g/mol. The Labute approximate surface area is 68.3 Å². The van der Waals surface area contributed by atoms with Gasteiger partial charge in [-0.2, -0.15) is 34.4 Å². The summed E-state index contributed by atoms with van der Waals surface area (Å²) in [5.41, 5.74) is 0. The summed E-state index contributed by atoms with van der Waals surface area (Å²) in [6.45, 7) is 0. The van der Waals surface area contributed by atoms with Gasteiger partial charge in [0, 0.05) is 29.6 Å². The van der Waals surface area contributed by atoms with Gasteiger partial charge >= 0.3 is 4.96 Å². The van der Waals surface area contributed by atoms with E-state index in [2.05, 4.69) is 0 Å². The summed E-state index contributed by atoms with van der Waals surface area (Å²) in [5.74, 6) is 0. The monoisotopic (exact) mass is 139 g/mol. The fourth-order valence-electron chi connectivity index (χ4n) is 0. The molecule has 5 heteroatoms. The van der Waals surface area contributed by atoms with Crippen LogP contribution >= 0.6 is 34.4 Å². The van der Waals surface area contributed by atoms with Crippen molar-refractivity contribution in [3.05, 3.63) is 0 Å². The zero-order valence-electron chi connectivity index (χ0n) is 2.71. The summed E-state index contributed by atoms with van der Waals surface area (Å²) in [7, 11) is 0. The molecule has 5 heavy (non-hydrogen) atoms. The molecule has 25 valence electrons. The molecule has 0 aliphatic carbocycles. The maximum atomic E-state index is 4.81. The largest absolute Gasteiger partial charge is 0.450 e. The van der Waals surface area contributed by atoms with Crippen LogP contribution in [0.15, 0.2) is 0 Å². The molecule has 0 N–H and O–H groups in total. The van der Waals surface area contributed by atoms with Crippen LogP contribution in [0.25, 0.3) is 0 Å². The Morgan fingerprint density at radius 2 is 1.00 bits per heavy atom. The molecule has 0 fully saturated rings. The minimum Gasteiger partial charge on any atom is -0.150 e. The van der Waals surface area contributed by atoms with Gasteiger partial charge in [-0.3, -0.25) is 0 Å². The van der Waals surface area contributed by atoms with Gasteiger partial charge in [0.15, 0.2) is 0 Å². The van der Waals surface area contributed by atoms with Crippen molar-refractivity contribution in [1.29, 1.82) is 0 Å². The molecular formula is BCl3Na. The first kappa shape index (κ1) is 10.0. The van der Waals surface area contributed by atoms with Crippen LogP contribution in [0, 0.1) is 0 Å². The SMILES string of the molecule is ClB(Cl)Cl.[Na]. The molecule has 0 atom stereocenters. The zero-order chi connectivity index (χ0) is 3.58. The quantitative estimate of drug-likeness (QED) is 0.445. The second-order valence-electron chi connectivity index (χ2n) is 0.247. The molecule has 0 aliphatic heterocycles. The molecule has 0 nitrogen and oxygen atoms in total. The van der Waals surface area contributed by atoms with Crippen LogP contribution < -0.4 is 0 Å². The maximum Gasteiger partial charge on any atom is 0.450 e. The molecule has 0 heterocycles. The zero-order valence-corrected chi connectivity index (χ0v) is 6.98. The Balaban J connectivity index is 0. The average Bonchev–Trinajstić information content (AvgIpc) is 0.811. The van der Waals surface area contributed by atoms with E-state index in [0.717, 1.165) is 0 Å². The van der Waals surface area contributed by atoms with Gasteiger partial charge in [0.1, 0.15) is 0 Å². The molecule has 0 bridgehead atoms. The van der Waals surface area contributed by atoms with Crippen molar-refractivity contribution in [2.45, 2.75) is 0 Å². The summed E-state index contributed by atoms with van der Waals surface area (Å²) in [6, 6.07) is 0.